The van der Waals surface area contributed by atoms with Crippen LogP contribution in [0.3, 0.4) is 0 Å². The molecule has 17 heavy (non-hydrogen) atoms. The third-order valence-electron chi connectivity index (χ3n) is 2.78. The number of fused-ring (bicyclic) bond motifs is 1. The fourth-order valence-electron chi connectivity index (χ4n) is 2.02. The third-order valence-corrected chi connectivity index (χ3v) is 4.84. The highest BCUT2D eigenvalue weighted by molar-refractivity contribution is 7.99. The van der Waals surface area contributed by atoms with Crippen LogP contribution in [0.2, 0.25) is 5.28 Å². The van der Waals surface area contributed by atoms with Crippen LogP contribution < -0.4 is 4.90 Å². The molecule has 1 fully saturated rings. The molecule has 90 valence electrons. The van der Waals surface area contributed by atoms with Crippen LogP contribution in [0, 0.1) is 6.92 Å². The number of hydrogen-bond acceptors (Lipinski definition) is 5. The number of nitrogens with zero attached hydrogens (tertiary/aromatic N) is 3. The van der Waals surface area contributed by atoms with Crippen molar-refractivity contribution in [2.75, 3.05) is 29.5 Å². The summed E-state index contributed by atoms with van der Waals surface area (Å²) in [6.45, 7) is 4.18. The Morgan fingerprint density at radius 1 is 1.29 bits per heavy atom. The molecule has 0 aromatic carbocycles. The Hall–Kier alpha value is -0.520. The molecule has 0 saturated carbocycles. The van der Waals surface area contributed by atoms with Crippen LogP contribution in [-0.2, 0) is 0 Å². The molecule has 0 aliphatic carbocycles. The van der Waals surface area contributed by atoms with E-state index >= 15 is 0 Å². The standard InChI is InChI=1S/C11H12ClN3S2/c1-7-6-8-9(15-2-4-16-5-3-15)13-11(12)14-10(8)17-7/h6H,2-5H2,1H3. The molecule has 1 aliphatic heterocycles. The fraction of sp³-hybridized carbons (Fsp3) is 0.455. The van der Waals surface area contributed by atoms with E-state index in [0.717, 1.165) is 40.6 Å². The predicted octanol–water partition coefficient (Wildman–Crippen LogP) is 3.21. The van der Waals surface area contributed by atoms with Crippen molar-refractivity contribution in [1.82, 2.24) is 9.97 Å². The summed E-state index contributed by atoms with van der Waals surface area (Å²) in [4.78, 5) is 13.3. The van der Waals surface area contributed by atoms with Gasteiger partial charge in [0.2, 0.25) is 5.28 Å². The largest absolute Gasteiger partial charge is 0.354 e. The molecule has 6 heteroatoms. The fourth-order valence-corrected chi connectivity index (χ4v) is 4.01. The molecule has 0 atom stereocenters. The summed E-state index contributed by atoms with van der Waals surface area (Å²) >= 11 is 9.67. The Kier molecular flexibility index (Phi) is 3.15. The van der Waals surface area contributed by atoms with E-state index in [9.17, 15) is 0 Å². The van der Waals surface area contributed by atoms with E-state index in [4.69, 9.17) is 11.6 Å². The summed E-state index contributed by atoms with van der Waals surface area (Å²) in [5, 5.41) is 1.50. The van der Waals surface area contributed by atoms with Crippen LogP contribution in [-0.4, -0.2) is 34.6 Å². The Labute approximate surface area is 113 Å². The van der Waals surface area contributed by atoms with Crippen LogP contribution in [0.5, 0.6) is 0 Å². The van der Waals surface area contributed by atoms with Crippen LogP contribution in [0.1, 0.15) is 4.88 Å². The molecule has 0 radical (unpaired) electrons. The van der Waals surface area contributed by atoms with Gasteiger partial charge in [-0.25, -0.2) is 4.98 Å². The maximum absolute atomic E-state index is 6.00. The molecule has 3 nitrogen and oxygen atoms in total. The first-order valence-corrected chi connectivity index (χ1v) is 7.85. The van der Waals surface area contributed by atoms with E-state index in [1.807, 2.05) is 11.8 Å². The molecule has 0 amide bonds. The molecular formula is C11H12ClN3S2. The van der Waals surface area contributed by atoms with Gasteiger partial charge in [0.1, 0.15) is 10.6 Å². The quantitative estimate of drug-likeness (QED) is 0.753. The van der Waals surface area contributed by atoms with E-state index in [-0.39, 0.29) is 0 Å². The van der Waals surface area contributed by atoms with E-state index in [2.05, 4.69) is 27.9 Å². The lowest BCUT2D eigenvalue weighted by Gasteiger charge is -2.27. The highest BCUT2D eigenvalue weighted by Crippen LogP contribution is 2.32. The molecule has 0 N–H and O–H groups in total. The minimum atomic E-state index is 0.354. The molecule has 2 aromatic heterocycles. The van der Waals surface area contributed by atoms with E-state index in [0.29, 0.717) is 5.28 Å². The zero-order valence-electron chi connectivity index (χ0n) is 9.44. The molecule has 0 spiro atoms. The first kappa shape index (κ1) is 11.6. The zero-order valence-corrected chi connectivity index (χ0v) is 11.8. The number of thiophene rings is 1. The van der Waals surface area contributed by atoms with Crippen LogP contribution in [0.15, 0.2) is 6.07 Å². The van der Waals surface area contributed by atoms with Gasteiger partial charge in [-0.05, 0) is 24.6 Å². The number of aryl methyl sites for hydroxylation is 1. The summed E-state index contributed by atoms with van der Waals surface area (Å²) in [5.41, 5.74) is 0. The molecule has 0 bridgehead atoms. The number of hydrogen-bond donors (Lipinski definition) is 0. The van der Waals surface area contributed by atoms with Crippen molar-refractivity contribution in [2.24, 2.45) is 0 Å². The Morgan fingerprint density at radius 2 is 2.06 bits per heavy atom. The minimum Gasteiger partial charge on any atom is -0.354 e. The van der Waals surface area contributed by atoms with Gasteiger partial charge in [-0.2, -0.15) is 16.7 Å². The first-order valence-electron chi connectivity index (χ1n) is 5.50. The number of thioether (sulfide) groups is 1. The molecule has 3 heterocycles. The Morgan fingerprint density at radius 3 is 2.82 bits per heavy atom. The van der Waals surface area contributed by atoms with Crippen molar-refractivity contribution in [2.45, 2.75) is 6.92 Å². The predicted molar refractivity (Wildman–Crippen MR) is 76.7 cm³/mol. The number of halogens is 1. The second-order valence-corrected chi connectivity index (χ2v) is 6.79. The van der Waals surface area contributed by atoms with Gasteiger partial charge in [0.15, 0.2) is 0 Å². The second-order valence-electron chi connectivity index (χ2n) is 3.99. The highest BCUT2D eigenvalue weighted by Gasteiger charge is 2.18. The van der Waals surface area contributed by atoms with Gasteiger partial charge in [-0.1, -0.05) is 0 Å². The van der Waals surface area contributed by atoms with Crippen LogP contribution in [0.25, 0.3) is 10.2 Å². The van der Waals surface area contributed by atoms with Gasteiger partial charge in [0, 0.05) is 29.5 Å². The van der Waals surface area contributed by atoms with Crippen molar-refractivity contribution in [3.8, 4) is 0 Å². The maximum Gasteiger partial charge on any atom is 0.225 e. The molecule has 2 aromatic rings. The van der Waals surface area contributed by atoms with Crippen molar-refractivity contribution in [3.63, 3.8) is 0 Å². The topological polar surface area (TPSA) is 29.0 Å². The van der Waals surface area contributed by atoms with Crippen LogP contribution >= 0.6 is 34.7 Å². The monoisotopic (exact) mass is 285 g/mol. The first-order chi connectivity index (χ1) is 8.24. The summed E-state index contributed by atoms with van der Waals surface area (Å²) in [6.07, 6.45) is 0. The average Bonchev–Trinajstić information content (AvgIpc) is 2.69. The summed E-state index contributed by atoms with van der Waals surface area (Å²) in [7, 11) is 0. The highest BCUT2D eigenvalue weighted by atomic mass is 35.5. The molecule has 1 aliphatic rings. The molecular weight excluding hydrogens is 274 g/mol. The van der Waals surface area contributed by atoms with Gasteiger partial charge >= 0.3 is 0 Å². The second kappa shape index (κ2) is 4.63. The Bertz CT molecular complexity index is 549. The molecule has 0 unspecified atom stereocenters. The third kappa shape index (κ3) is 2.23. The zero-order chi connectivity index (χ0) is 11.8. The lowest BCUT2D eigenvalue weighted by atomic mass is 10.3. The lowest BCUT2D eigenvalue weighted by Crippen LogP contribution is -2.33. The van der Waals surface area contributed by atoms with Crippen molar-refractivity contribution < 1.29 is 0 Å². The Balaban J connectivity index is 2.12. The molecule has 3 rings (SSSR count). The smallest absolute Gasteiger partial charge is 0.225 e. The van der Waals surface area contributed by atoms with E-state index < -0.39 is 0 Å². The van der Waals surface area contributed by atoms with Gasteiger partial charge in [-0.3, -0.25) is 0 Å². The SMILES string of the molecule is Cc1cc2c(N3CCSCC3)nc(Cl)nc2s1. The number of rotatable bonds is 1. The number of aromatic nitrogens is 2. The van der Waals surface area contributed by atoms with Gasteiger partial charge in [0.05, 0.1) is 5.39 Å². The van der Waals surface area contributed by atoms with Crippen molar-refractivity contribution >= 4 is 50.7 Å². The van der Waals surface area contributed by atoms with Gasteiger partial charge in [0.25, 0.3) is 0 Å². The van der Waals surface area contributed by atoms with Crippen LogP contribution in [0.4, 0.5) is 5.82 Å². The van der Waals surface area contributed by atoms with Gasteiger partial charge in [-0.15, -0.1) is 11.3 Å². The van der Waals surface area contributed by atoms with Crippen molar-refractivity contribution in [3.05, 3.63) is 16.2 Å². The maximum atomic E-state index is 6.00. The lowest BCUT2D eigenvalue weighted by molar-refractivity contribution is 0.842. The van der Waals surface area contributed by atoms with Crippen molar-refractivity contribution in [1.29, 1.82) is 0 Å². The van der Waals surface area contributed by atoms with E-state index in [1.165, 1.54) is 4.88 Å². The summed E-state index contributed by atoms with van der Waals surface area (Å²) < 4.78 is 0. The van der Waals surface area contributed by atoms with E-state index in [1.54, 1.807) is 11.3 Å². The normalized spacial score (nSPS) is 16.7. The molecule has 1 saturated heterocycles. The summed E-state index contributed by atoms with van der Waals surface area (Å²) in [5.74, 6) is 3.32. The minimum absolute atomic E-state index is 0.354. The average molecular weight is 286 g/mol. The van der Waals surface area contributed by atoms with Gasteiger partial charge < -0.3 is 4.90 Å². The number of anilines is 1. The summed E-state index contributed by atoms with van der Waals surface area (Å²) in [6, 6.07) is 2.16.